The first-order valence-electron chi connectivity index (χ1n) is 13.6. The molecule has 40 heavy (non-hydrogen) atoms. The lowest BCUT2D eigenvalue weighted by atomic mass is 9.98. The predicted octanol–water partition coefficient (Wildman–Crippen LogP) is 3.34. The van der Waals surface area contributed by atoms with E-state index in [0.717, 1.165) is 38.2 Å². The first-order chi connectivity index (χ1) is 19.3. The van der Waals surface area contributed by atoms with Crippen LogP contribution in [0.5, 0.6) is 0 Å². The van der Waals surface area contributed by atoms with E-state index in [1.165, 1.54) is 16.9 Å². The summed E-state index contributed by atoms with van der Waals surface area (Å²) in [5.74, 6) is 0.360. The van der Waals surface area contributed by atoms with Gasteiger partial charge in [0.15, 0.2) is 11.5 Å². The molecule has 2 aliphatic rings. The van der Waals surface area contributed by atoms with Gasteiger partial charge >= 0.3 is 0 Å². The Kier molecular flexibility index (Phi) is 6.63. The highest BCUT2D eigenvalue weighted by molar-refractivity contribution is 5.77. The molecule has 0 radical (unpaired) electrons. The second-order valence-corrected chi connectivity index (χ2v) is 10.6. The topological polar surface area (TPSA) is 104 Å². The lowest BCUT2D eigenvalue weighted by Crippen LogP contribution is -2.44. The lowest BCUT2D eigenvalue weighted by Gasteiger charge is -2.34. The van der Waals surface area contributed by atoms with Gasteiger partial charge in [-0.25, -0.2) is 23.7 Å². The summed E-state index contributed by atoms with van der Waals surface area (Å²) >= 11 is 0. The monoisotopic (exact) mass is 544 g/mol. The Bertz CT molecular complexity index is 1660. The molecular formula is C29H33FN8O2. The van der Waals surface area contributed by atoms with E-state index in [9.17, 15) is 9.90 Å². The number of anilines is 3. The Balaban J connectivity index is 1.38. The number of allylic oxidation sites excluding steroid dienone is 1. The van der Waals surface area contributed by atoms with Gasteiger partial charge in [-0.2, -0.15) is 4.98 Å². The fraction of sp³-hybridized carbons (Fsp3) is 0.379. The minimum Gasteiger partial charge on any atom is -0.384 e. The molecule has 11 heteroatoms. The standard InChI is InChI=1S/C29H33FN8O2/c1-4-12-37-27(39)21-18-31-28(32-20-7-8-23(22(30)17-20)36-15-13-35(3)14-16-36)34-26(21)38(37)24-9-6-19-10-11-29(40,5-2)25(19)33-24/h4,6-9,17-18,40H,1,5,10-16H2,2-3H3,(H,31,32,34)/t29-/m0/s1. The van der Waals surface area contributed by atoms with Crippen LogP contribution >= 0.6 is 0 Å². The molecule has 1 aliphatic heterocycles. The number of hydrogen-bond donors (Lipinski definition) is 2. The molecule has 0 spiro atoms. The minimum absolute atomic E-state index is 0.218. The van der Waals surface area contributed by atoms with Gasteiger partial charge in [0.1, 0.15) is 16.8 Å². The van der Waals surface area contributed by atoms with Crippen molar-refractivity contribution >= 4 is 28.4 Å². The molecule has 10 nitrogen and oxygen atoms in total. The van der Waals surface area contributed by atoms with Crippen LogP contribution in [0.2, 0.25) is 0 Å². The van der Waals surface area contributed by atoms with E-state index < -0.39 is 5.60 Å². The van der Waals surface area contributed by atoms with Gasteiger partial charge in [0, 0.05) is 38.1 Å². The maximum absolute atomic E-state index is 15.1. The zero-order chi connectivity index (χ0) is 28.0. The number of hydrogen-bond acceptors (Lipinski definition) is 8. The maximum Gasteiger partial charge on any atom is 0.278 e. The van der Waals surface area contributed by atoms with Gasteiger partial charge in [-0.05, 0) is 56.1 Å². The number of pyridine rings is 1. The van der Waals surface area contributed by atoms with E-state index in [1.54, 1.807) is 22.9 Å². The third kappa shape index (κ3) is 4.44. The van der Waals surface area contributed by atoms with Crippen molar-refractivity contribution in [2.24, 2.45) is 0 Å². The highest BCUT2D eigenvalue weighted by Crippen LogP contribution is 2.38. The largest absolute Gasteiger partial charge is 0.384 e. The number of benzene rings is 1. The highest BCUT2D eigenvalue weighted by atomic mass is 19.1. The minimum atomic E-state index is -1.00. The fourth-order valence-electron chi connectivity index (χ4n) is 5.63. The Hall–Kier alpha value is -4.09. The lowest BCUT2D eigenvalue weighted by molar-refractivity contribution is 0.0306. The first kappa shape index (κ1) is 26.1. The van der Waals surface area contributed by atoms with E-state index in [0.29, 0.717) is 46.8 Å². The van der Waals surface area contributed by atoms with Crippen molar-refractivity contribution in [2.45, 2.75) is 38.3 Å². The third-order valence-corrected chi connectivity index (χ3v) is 8.04. The Morgan fingerprint density at radius 3 is 2.70 bits per heavy atom. The van der Waals surface area contributed by atoms with Crippen LogP contribution in [0.3, 0.4) is 0 Å². The molecule has 0 amide bonds. The molecule has 1 saturated heterocycles. The second-order valence-electron chi connectivity index (χ2n) is 10.6. The Morgan fingerprint density at radius 1 is 1.18 bits per heavy atom. The van der Waals surface area contributed by atoms with E-state index in [4.69, 9.17) is 4.98 Å². The number of halogens is 1. The summed E-state index contributed by atoms with van der Waals surface area (Å²) in [7, 11) is 2.06. The summed E-state index contributed by atoms with van der Waals surface area (Å²) in [4.78, 5) is 31.4. The molecule has 1 atom stereocenters. The number of nitrogens with one attached hydrogen (secondary N) is 1. The number of fused-ring (bicyclic) bond motifs is 2. The molecular weight excluding hydrogens is 511 g/mol. The predicted molar refractivity (Wildman–Crippen MR) is 153 cm³/mol. The van der Waals surface area contributed by atoms with Gasteiger partial charge in [-0.1, -0.05) is 19.1 Å². The molecule has 1 aliphatic carbocycles. The van der Waals surface area contributed by atoms with Gasteiger partial charge in [-0.15, -0.1) is 6.58 Å². The number of likely N-dealkylation sites (N-methyl/N-ethyl adjacent to an activating group) is 1. The van der Waals surface area contributed by atoms with Crippen LogP contribution in [0.1, 0.15) is 31.0 Å². The number of aliphatic hydroxyl groups is 1. The van der Waals surface area contributed by atoms with E-state index in [2.05, 4.69) is 33.8 Å². The van der Waals surface area contributed by atoms with Crippen molar-refractivity contribution in [3.63, 3.8) is 0 Å². The summed E-state index contributed by atoms with van der Waals surface area (Å²) < 4.78 is 18.2. The van der Waals surface area contributed by atoms with Crippen molar-refractivity contribution in [1.29, 1.82) is 0 Å². The van der Waals surface area contributed by atoms with Crippen molar-refractivity contribution in [1.82, 2.24) is 29.2 Å². The average molecular weight is 545 g/mol. The molecule has 0 saturated carbocycles. The van der Waals surface area contributed by atoms with Gasteiger partial charge in [0.2, 0.25) is 5.95 Å². The molecule has 6 rings (SSSR count). The highest BCUT2D eigenvalue weighted by Gasteiger charge is 2.37. The van der Waals surface area contributed by atoms with Crippen molar-refractivity contribution in [3.8, 4) is 5.82 Å². The molecule has 1 fully saturated rings. The number of rotatable bonds is 7. The molecule has 1 aromatic carbocycles. The summed E-state index contributed by atoms with van der Waals surface area (Å²) in [6.45, 7) is 9.28. The van der Waals surface area contributed by atoms with Gasteiger partial charge in [-0.3, -0.25) is 4.79 Å². The smallest absolute Gasteiger partial charge is 0.278 e. The Labute approximate surface area is 231 Å². The molecule has 3 aromatic heterocycles. The van der Waals surface area contributed by atoms with Crippen LogP contribution in [0, 0.1) is 5.82 Å². The summed E-state index contributed by atoms with van der Waals surface area (Å²) in [5.41, 5.74) is 1.77. The molecule has 2 N–H and O–H groups in total. The number of piperazine rings is 1. The van der Waals surface area contributed by atoms with E-state index >= 15 is 4.39 Å². The Morgan fingerprint density at radius 2 is 1.98 bits per heavy atom. The van der Waals surface area contributed by atoms with Crippen molar-refractivity contribution in [2.75, 3.05) is 43.4 Å². The second kappa shape index (κ2) is 10.1. The number of nitrogens with zero attached hydrogens (tertiary/aromatic N) is 7. The molecule has 4 heterocycles. The zero-order valence-corrected chi connectivity index (χ0v) is 22.8. The van der Waals surface area contributed by atoms with Gasteiger partial charge < -0.3 is 20.2 Å². The van der Waals surface area contributed by atoms with Crippen LogP contribution in [-0.4, -0.2) is 67.5 Å². The summed E-state index contributed by atoms with van der Waals surface area (Å²) in [6.07, 6.45) is 5.00. The molecule has 4 aromatic rings. The van der Waals surface area contributed by atoms with Crippen molar-refractivity contribution in [3.05, 3.63) is 76.6 Å². The van der Waals surface area contributed by atoms with Crippen LogP contribution in [-0.2, 0) is 18.6 Å². The van der Waals surface area contributed by atoms with Crippen LogP contribution in [0.15, 0.2) is 54.0 Å². The first-order valence-corrected chi connectivity index (χ1v) is 13.6. The number of aryl methyl sites for hydroxylation is 1. The third-order valence-electron chi connectivity index (χ3n) is 8.04. The zero-order valence-electron chi connectivity index (χ0n) is 22.8. The van der Waals surface area contributed by atoms with E-state index in [-0.39, 0.29) is 23.9 Å². The van der Waals surface area contributed by atoms with Crippen LogP contribution < -0.4 is 15.8 Å². The fourth-order valence-corrected chi connectivity index (χ4v) is 5.63. The SMILES string of the molecule is C=CCn1c(=O)c2cnc(Nc3ccc(N4CCN(C)CC4)c(F)c3)nc2n1-c1ccc2c(n1)[C@](O)(CC)CC2. The summed E-state index contributed by atoms with van der Waals surface area (Å²) in [6, 6.07) is 8.78. The summed E-state index contributed by atoms with van der Waals surface area (Å²) in [5, 5.41) is 14.5. The average Bonchev–Trinajstić information content (AvgIpc) is 3.43. The van der Waals surface area contributed by atoms with Gasteiger partial charge in [0.05, 0.1) is 17.9 Å². The quantitative estimate of drug-likeness (QED) is 0.342. The van der Waals surface area contributed by atoms with Crippen LogP contribution in [0.4, 0.5) is 21.7 Å². The molecule has 208 valence electrons. The van der Waals surface area contributed by atoms with Crippen molar-refractivity contribution < 1.29 is 9.50 Å². The van der Waals surface area contributed by atoms with E-state index in [1.807, 2.05) is 24.0 Å². The van der Waals surface area contributed by atoms with Crippen LogP contribution in [0.25, 0.3) is 16.9 Å². The molecule has 0 bridgehead atoms. The van der Waals surface area contributed by atoms with Gasteiger partial charge in [0.25, 0.3) is 5.56 Å². The number of aromatic nitrogens is 5. The molecule has 0 unspecified atom stereocenters. The maximum atomic E-state index is 15.1. The normalized spacial score (nSPS) is 19.2.